The molecule has 3 aliphatic heterocycles. The van der Waals surface area contributed by atoms with E-state index < -0.39 is 12.2 Å². The highest BCUT2D eigenvalue weighted by Crippen LogP contribution is 2.41. The number of benzene rings is 2. The molecule has 2 saturated heterocycles. The molecule has 3 aliphatic rings. The quantitative estimate of drug-likeness (QED) is 0.281. The van der Waals surface area contributed by atoms with Crippen molar-refractivity contribution in [2.75, 3.05) is 20.2 Å². The van der Waals surface area contributed by atoms with Gasteiger partial charge in [-0.1, -0.05) is 24.8 Å². The van der Waals surface area contributed by atoms with E-state index in [2.05, 4.69) is 22.4 Å². The molecule has 5 amide bonds. The van der Waals surface area contributed by atoms with Crippen LogP contribution in [-0.2, 0) is 38.7 Å². The fourth-order valence-electron chi connectivity index (χ4n) is 6.03. The predicted octanol–water partition coefficient (Wildman–Crippen LogP) is 3.24. The van der Waals surface area contributed by atoms with Gasteiger partial charge in [-0.05, 0) is 65.8 Å². The molecule has 218 valence electrons. The van der Waals surface area contributed by atoms with Gasteiger partial charge < -0.3 is 19.9 Å². The van der Waals surface area contributed by atoms with Gasteiger partial charge in [0.2, 0.25) is 11.8 Å². The smallest absolute Gasteiger partial charge is 0.326 e. The Bertz CT molecular complexity index is 1570. The van der Waals surface area contributed by atoms with E-state index in [9.17, 15) is 19.2 Å². The lowest BCUT2D eigenvalue weighted by Gasteiger charge is -2.40. The second-order valence-corrected chi connectivity index (χ2v) is 10.9. The van der Waals surface area contributed by atoms with Gasteiger partial charge in [-0.2, -0.15) is 0 Å². The number of hydroxylamine groups is 1. The zero-order valence-electron chi connectivity index (χ0n) is 23.4. The first kappa shape index (κ1) is 27.7. The Labute approximate surface area is 242 Å². The van der Waals surface area contributed by atoms with Crippen LogP contribution in [0.5, 0.6) is 0 Å². The lowest BCUT2D eigenvalue weighted by atomic mass is 9.85. The molecule has 11 nitrogen and oxygen atoms in total. The van der Waals surface area contributed by atoms with Crippen molar-refractivity contribution >= 4 is 34.7 Å². The second kappa shape index (κ2) is 11.4. The number of aromatic nitrogens is 1. The number of H-pyrrole nitrogens is 1. The minimum Gasteiger partial charge on any atom is -0.357 e. The third-order valence-electron chi connectivity index (χ3n) is 8.23. The average Bonchev–Trinajstić information content (AvgIpc) is 3.40. The van der Waals surface area contributed by atoms with Gasteiger partial charge in [-0.25, -0.2) is 15.1 Å². The van der Waals surface area contributed by atoms with E-state index in [0.29, 0.717) is 31.7 Å². The number of fused-ring (bicyclic) bond motifs is 6. The van der Waals surface area contributed by atoms with E-state index in [1.165, 1.54) is 18.0 Å². The van der Waals surface area contributed by atoms with Gasteiger partial charge in [-0.3, -0.25) is 19.3 Å². The van der Waals surface area contributed by atoms with E-state index >= 15 is 0 Å². The molecule has 3 N–H and O–H groups in total. The van der Waals surface area contributed by atoms with Gasteiger partial charge in [-0.15, -0.1) is 0 Å². The number of ether oxygens (including phenoxy) is 1. The van der Waals surface area contributed by atoms with E-state index in [0.717, 1.165) is 58.1 Å². The summed E-state index contributed by atoms with van der Waals surface area (Å²) >= 11 is 0. The molecule has 2 bridgehead atoms. The largest absolute Gasteiger partial charge is 0.357 e. The Morgan fingerprint density at radius 1 is 1.17 bits per heavy atom. The summed E-state index contributed by atoms with van der Waals surface area (Å²) in [4.78, 5) is 62.3. The summed E-state index contributed by atoms with van der Waals surface area (Å²) in [6.45, 7) is 5.15. The summed E-state index contributed by atoms with van der Waals surface area (Å²) in [6.07, 6.45) is 4.01. The molecule has 1 aromatic heterocycles. The van der Waals surface area contributed by atoms with Crippen molar-refractivity contribution in [1.82, 2.24) is 25.6 Å². The van der Waals surface area contributed by atoms with Gasteiger partial charge in [0.05, 0.1) is 12.5 Å². The minimum atomic E-state index is -0.485. The van der Waals surface area contributed by atoms with Crippen LogP contribution in [0, 0.1) is 0 Å². The maximum Gasteiger partial charge on any atom is 0.326 e. The highest BCUT2D eigenvalue weighted by Gasteiger charge is 2.44. The molecular formula is C31H33N5O6. The number of rotatable bonds is 8. The van der Waals surface area contributed by atoms with Gasteiger partial charge in [0.25, 0.3) is 5.91 Å². The van der Waals surface area contributed by atoms with Crippen LogP contribution in [-0.4, -0.2) is 65.0 Å². The molecule has 0 radical (unpaired) electrons. The molecule has 2 unspecified atom stereocenters. The standard InChI is InChI=1S/C31H33N5O6/c1-3-25(37)32-15-20-11-12-23-27(28-22-16-36(17-24(28)33-23)31(40)35(2)30(22)39)21(20)14-18-7-9-19(10-8-18)29(38)34-42-26-6-4-5-13-41-26/h3,7-12,22,26,33H,1,4-6,13-17H2,2H3,(H,32,37)(H,34,38). The fraction of sp³-hybridized carbons (Fsp3) is 0.355. The maximum absolute atomic E-state index is 13.3. The summed E-state index contributed by atoms with van der Waals surface area (Å²) in [6, 6.07) is 10.9. The van der Waals surface area contributed by atoms with Crippen LogP contribution in [0.3, 0.4) is 0 Å². The number of aromatic amines is 1. The van der Waals surface area contributed by atoms with Crippen molar-refractivity contribution < 1.29 is 28.8 Å². The van der Waals surface area contributed by atoms with Crippen LogP contribution < -0.4 is 10.8 Å². The van der Waals surface area contributed by atoms with Crippen molar-refractivity contribution in [2.45, 2.75) is 51.0 Å². The number of nitrogens with one attached hydrogen (secondary N) is 3. The fourth-order valence-corrected chi connectivity index (χ4v) is 6.03. The Kier molecular flexibility index (Phi) is 7.53. The van der Waals surface area contributed by atoms with E-state index in [4.69, 9.17) is 9.57 Å². The SMILES string of the molecule is C=CC(=O)NCc1ccc2[nH]c3c(c2c1Cc1ccc(C(=O)NOC2CCCCO2)cc1)C1CN(C3)C(=O)N(C)C1=O. The molecule has 4 heterocycles. The van der Waals surface area contributed by atoms with Crippen LogP contribution in [0.25, 0.3) is 10.9 Å². The molecule has 2 aromatic carbocycles. The second-order valence-electron chi connectivity index (χ2n) is 10.9. The average molecular weight is 572 g/mol. The van der Waals surface area contributed by atoms with Crippen LogP contribution in [0.15, 0.2) is 49.1 Å². The van der Waals surface area contributed by atoms with Crippen molar-refractivity contribution in [3.63, 3.8) is 0 Å². The van der Waals surface area contributed by atoms with Crippen molar-refractivity contribution in [2.24, 2.45) is 0 Å². The highest BCUT2D eigenvalue weighted by atomic mass is 16.8. The number of nitrogens with zero attached hydrogens (tertiary/aromatic N) is 2. The highest BCUT2D eigenvalue weighted by molar-refractivity contribution is 6.04. The number of hydrogen-bond acceptors (Lipinski definition) is 6. The number of carbonyl (C=O) groups excluding carboxylic acids is 4. The molecule has 42 heavy (non-hydrogen) atoms. The molecule has 11 heteroatoms. The number of amides is 5. The molecule has 2 fully saturated rings. The monoisotopic (exact) mass is 571 g/mol. The first-order valence-electron chi connectivity index (χ1n) is 14.1. The Morgan fingerprint density at radius 3 is 2.71 bits per heavy atom. The Morgan fingerprint density at radius 2 is 1.98 bits per heavy atom. The minimum absolute atomic E-state index is 0.231. The Hall–Kier alpha value is -4.48. The van der Waals surface area contributed by atoms with Crippen molar-refractivity contribution in [1.29, 1.82) is 0 Å². The lowest BCUT2D eigenvalue weighted by molar-refractivity contribution is -0.186. The first-order valence-corrected chi connectivity index (χ1v) is 14.1. The van der Waals surface area contributed by atoms with Gasteiger partial charge >= 0.3 is 6.03 Å². The number of hydrogen-bond donors (Lipinski definition) is 3. The Balaban J connectivity index is 1.32. The predicted molar refractivity (Wildman–Crippen MR) is 153 cm³/mol. The summed E-state index contributed by atoms with van der Waals surface area (Å²) in [7, 11) is 1.52. The third-order valence-corrected chi connectivity index (χ3v) is 8.23. The maximum atomic E-state index is 13.3. The van der Waals surface area contributed by atoms with Crippen molar-refractivity contribution in [3.8, 4) is 0 Å². The molecular weight excluding hydrogens is 538 g/mol. The van der Waals surface area contributed by atoms with Gasteiger partial charge in [0.1, 0.15) is 0 Å². The zero-order valence-corrected chi connectivity index (χ0v) is 23.4. The van der Waals surface area contributed by atoms with Gasteiger partial charge in [0, 0.05) is 55.3 Å². The van der Waals surface area contributed by atoms with E-state index in [1.807, 2.05) is 24.3 Å². The molecule has 0 spiro atoms. The summed E-state index contributed by atoms with van der Waals surface area (Å²) in [5.41, 5.74) is 8.35. The third kappa shape index (κ3) is 5.17. The molecule has 2 atom stereocenters. The summed E-state index contributed by atoms with van der Waals surface area (Å²) in [5.74, 6) is -1.36. The van der Waals surface area contributed by atoms with Crippen LogP contribution >= 0.6 is 0 Å². The first-order chi connectivity index (χ1) is 20.3. The van der Waals surface area contributed by atoms with Crippen LogP contribution in [0.1, 0.15) is 63.5 Å². The number of urea groups is 1. The van der Waals surface area contributed by atoms with Crippen molar-refractivity contribution in [3.05, 3.63) is 82.6 Å². The summed E-state index contributed by atoms with van der Waals surface area (Å²) < 4.78 is 5.50. The molecule has 6 rings (SSSR count). The zero-order chi connectivity index (χ0) is 29.4. The lowest BCUT2D eigenvalue weighted by Crippen LogP contribution is -2.55. The van der Waals surface area contributed by atoms with E-state index in [1.54, 1.807) is 17.0 Å². The van der Waals surface area contributed by atoms with Gasteiger partial charge in [0.15, 0.2) is 6.29 Å². The number of carbonyl (C=O) groups is 4. The van der Waals surface area contributed by atoms with Crippen LogP contribution in [0.2, 0.25) is 0 Å². The molecule has 0 saturated carbocycles. The normalized spacial score (nSPS) is 19.9. The topological polar surface area (TPSA) is 133 Å². The van der Waals surface area contributed by atoms with Crippen LogP contribution in [0.4, 0.5) is 4.79 Å². The number of likely N-dealkylation sites (N-methyl/N-ethyl adjacent to an activating group) is 1. The summed E-state index contributed by atoms with van der Waals surface area (Å²) in [5, 5.41) is 3.80. The number of imide groups is 1. The van der Waals surface area contributed by atoms with E-state index in [-0.39, 0.29) is 30.3 Å². The molecule has 3 aromatic rings. The molecule has 0 aliphatic carbocycles.